The highest BCUT2D eigenvalue weighted by Crippen LogP contribution is 2.47. The van der Waals surface area contributed by atoms with Gasteiger partial charge in [0.1, 0.15) is 6.04 Å². The molecule has 1 saturated carbocycles. The second-order valence-electron chi connectivity index (χ2n) is 7.85. The number of halogens is 4. The predicted octanol–water partition coefficient (Wildman–Crippen LogP) is 3.98. The number of carbonyl (C=O) groups is 1. The normalized spacial score (nSPS) is 20.9. The van der Waals surface area contributed by atoms with E-state index in [1.54, 1.807) is 6.92 Å². The van der Waals surface area contributed by atoms with Crippen LogP contribution in [0.3, 0.4) is 0 Å². The van der Waals surface area contributed by atoms with Crippen LogP contribution in [0, 0.1) is 0 Å². The number of nitrogens with zero attached hydrogens (tertiary/aromatic N) is 3. The zero-order valence-corrected chi connectivity index (χ0v) is 16.6. The lowest BCUT2D eigenvalue weighted by Gasteiger charge is -2.35. The van der Waals surface area contributed by atoms with Crippen molar-refractivity contribution < 1.29 is 18.0 Å². The molecule has 0 bridgehead atoms. The van der Waals surface area contributed by atoms with Gasteiger partial charge >= 0.3 is 6.18 Å². The predicted molar refractivity (Wildman–Crippen MR) is 96.8 cm³/mol. The van der Waals surface area contributed by atoms with Gasteiger partial charge in [0.25, 0.3) is 0 Å². The highest BCUT2D eigenvalue weighted by atomic mass is 35.5. The highest BCUT2D eigenvalue weighted by Gasteiger charge is 2.43. The van der Waals surface area contributed by atoms with Gasteiger partial charge in [-0.15, -0.1) is 0 Å². The molecule has 152 valence electrons. The van der Waals surface area contributed by atoms with Crippen LogP contribution in [0.15, 0.2) is 0 Å². The van der Waals surface area contributed by atoms with E-state index >= 15 is 0 Å². The van der Waals surface area contributed by atoms with Crippen LogP contribution in [-0.2, 0) is 11.0 Å². The van der Waals surface area contributed by atoms with Crippen LogP contribution in [0.4, 0.5) is 13.2 Å². The van der Waals surface area contributed by atoms with Crippen molar-refractivity contribution in [1.82, 2.24) is 20.0 Å². The Bertz CT molecular complexity index is 692. The molecule has 1 aliphatic heterocycles. The fourth-order valence-corrected chi connectivity index (χ4v) is 4.01. The van der Waals surface area contributed by atoms with Crippen molar-refractivity contribution in [2.24, 2.45) is 0 Å². The maximum Gasteiger partial charge on any atom is 0.436 e. The van der Waals surface area contributed by atoms with Crippen LogP contribution in [0.2, 0.25) is 5.02 Å². The zero-order chi connectivity index (χ0) is 19.9. The molecule has 0 spiro atoms. The van der Waals surface area contributed by atoms with Crippen LogP contribution in [-0.4, -0.2) is 45.8 Å². The highest BCUT2D eigenvalue weighted by molar-refractivity contribution is 6.32. The molecule has 1 aliphatic carbocycles. The average Bonchev–Trinajstić information content (AvgIpc) is 3.36. The molecule has 9 heteroatoms. The second-order valence-corrected chi connectivity index (χ2v) is 8.23. The van der Waals surface area contributed by atoms with E-state index in [2.05, 4.69) is 29.2 Å². The quantitative estimate of drug-likeness (QED) is 0.804. The molecule has 2 fully saturated rings. The van der Waals surface area contributed by atoms with E-state index in [1.165, 1.54) is 4.68 Å². The first-order valence-electron chi connectivity index (χ1n) is 9.49. The lowest BCUT2D eigenvalue weighted by Crippen LogP contribution is -2.48. The SMILES string of the molecule is CC(C)N1CCC(NC(=O)[C@H](C)n2nc(C(F)(F)F)c(Cl)c2C2CC2)CC1. The van der Waals surface area contributed by atoms with Crippen molar-refractivity contribution in [2.75, 3.05) is 13.1 Å². The molecule has 0 radical (unpaired) electrons. The number of aromatic nitrogens is 2. The van der Waals surface area contributed by atoms with Crippen LogP contribution in [0.1, 0.15) is 69.8 Å². The Kier molecular flexibility index (Phi) is 5.77. The summed E-state index contributed by atoms with van der Waals surface area (Å²) >= 11 is 5.99. The summed E-state index contributed by atoms with van der Waals surface area (Å²) in [6.07, 6.45) is -1.43. The van der Waals surface area contributed by atoms with Crippen LogP contribution in [0.5, 0.6) is 0 Å². The standard InChI is InChI=1S/C18H26ClF3N4O/c1-10(2)25-8-6-13(7-9-25)23-17(27)11(3)26-15(12-4-5-12)14(19)16(24-26)18(20,21)22/h10-13H,4-9H2,1-3H3,(H,23,27)/t11-/m0/s1. The van der Waals surface area contributed by atoms with Gasteiger partial charge in [-0.25, -0.2) is 0 Å². The fourth-order valence-electron chi connectivity index (χ4n) is 3.62. The Balaban J connectivity index is 1.72. The van der Waals surface area contributed by atoms with E-state index < -0.39 is 17.9 Å². The van der Waals surface area contributed by atoms with Gasteiger partial charge in [-0.3, -0.25) is 9.48 Å². The van der Waals surface area contributed by atoms with Crippen LogP contribution in [0.25, 0.3) is 0 Å². The van der Waals surface area contributed by atoms with Crippen LogP contribution >= 0.6 is 11.6 Å². The number of carbonyl (C=O) groups excluding carboxylic acids is 1. The first-order valence-corrected chi connectivity index (χ1v) is 9.87. The summed E-state index contributed by atoms with van der Waals surface area (Å²) in [7, 11) is 0. The zero-order valence-electron chi connectivity index (χ0n) is 15.8. The molecule has 3 rings (SSSR count). The maximum absolute atomic E-state index is 13.2. The molecule has 5 nitrogen and oxygen atoms in total. The molecule has 1 atom stereocenters. The molecule has 2 aliphatic rings. The van der Waals surface area contributed by atoms with Gasteiger partial charge in [-0.05, 0) is 46.5 Å². The Labute approximate surface area is 162 Å². The maximum atomic E-state index is 13.2. The monoisotopic (exact) mass is 406 g/mol. The molecule has 1 N–H and O–H groups in total. The Morgan fingerprint density at radius 1 is 1.19 bits per heavy atom. The molecule has 1 amide bonds. The number of piperidine rings is 1. The number of hydrogen-bond donors (Lipinski definition) is 1. The molecule has 0 aromatic carbocycles. The molecular weight excluding hydrogens is 381 g/mol. The van der Waals surface area contributed by atoms with E-state index in [1.807, 2.05) is 0 Å². The number of hydrogen-bond acceptors (Lipinski definition) is 3. The van der Waals surface area contributed by atoms with Gasteiger partial charge in [-0.1, -0.05) is 11.6 Å². The van der Waals surface area contributed by atoms with Crippen molar-refractivity contribution in [1.29, 1.82) is 0 Å². The number of amides is 1. The second kappa shape index (κ2) is 7.62. The number of alkyl halides is 3. The lowest BCUT2D eigenvalue weighted by atomic mass is 10.0. The van der Waals surface area contributed by atoms with Crippen molar-refractivity contribution in [3.05, 3.63) is 16.4 Å². The van der Waals surface area contributed by atoms with Crippen molar-refractivity contribution in [2.45, 2.75) is 76.7 Å². The Hall–Kier alpha value is -1.28. The summed E-state index contributed by atoms with van der Waals surface area (Å²) < 4.78 is 40.8. The Morgan fingerprint density at radius 2 is 1.78 bits per heavy atom. The van der Waals surface area contributed by atoms with Gasteiger partial charge < -0.3 is 10.2 Å². The van der Waals surface area contributed by atoms with Gasteiger partial charge in [0.15, 0.2) is 5.69 Å². The van der Waals surface area contributed by atoms with Gasteiger partial charge in [0.05, 0.1) is 10.7 Å². The van der Waals surface area contributed by atoms with Gasteiger partial charge in [-0.2, -0.15) is 18.3 Å². The summed E-state index contributed by atoms with van der Waals surface area (Å²) in [6, 6.07) is -0.335. The number of likely N-dealkylation sites (tertiary alicyclic amines) is 1. The van der Waals surface area contributed by atoms with Crippen LogP contribution < -0.4 is 5.32 Å². The molecule has 1 aromatic heterocycles. The van der Waals surface area contributed by atoms with Crippen molar-refractivity contribution in [3.8, 4) is 0 Å². The minimum absolute atomic E-state index is 0.0347. The van der Waals surface area contributed by atoms with E-state index in [-0.39, 0.29) is 22.9 Å². The summed E-state index contributed by atoms with van der Waals surface area (Å²) in [5.41, 5.74) is -0.766. The van der Waals surface area contributed by atoms with E-state index in [4.69, 9.17) is 11.6 Å². The van der Waals surface area contributed by atoms with E-state index in [9.17, 15) is 18.0 Å². The van der Waals surface area contributed by atoms with Gasteiger partial charge in [0.2, 0.25) is 5.91 Å². The summed E-state index contributed by atoms with van der Waals surface area (Å²) in [6.45, 7) is 7.65. The number of rotatable bonds is 5. The van der Waals surface area contributed by atoms with Crippen molar-refractivity contribution >= 4 is 17.5 Å². The average molecular weight is 407 g/mol. The third-order valence-electron chi connectivity index (χ3n) is 5.47. The van der Waals surface area contributed by atoms with E-state index in [0.29, 0.717) is 11.7 Å². The fraction of sp³-hybridized carbons (Fsp3) is 0.778. The van der Waals surface area contributed by atoms with E-state index in [0.717, 1.165) is 38.8 Å². The summed E-state index contributed by atoms with van der Waals surface area (Å²) in [5.74, 6) is -0.363. The molecule has 2 heterocycles. The molecule has 1 saturated heterocycles. The summed E-state index contributed by atoms with van der Waals surface area (Å²) in [4.78, 5) is 15.0. The van der Waals surface area contributed by atoms with Gasteiger partial charge in [0, 0.05) is 31.1 Å². The summed E-state index contributed by atoms with van der Waals surface area (Å²) in [5, 5.41) is 6.30. The minimum atomic E-state index is -4.63. The Morgan fingerprint density at radius 3 is 2.26 bits per heavy atom. The third-order valence-corrected chi connectivity index (χ3v) is 5.85. The number of nitrogens with one attached hydrogen (secondary N) is 1. The molecule has 27 heavy (non-hydrogen) atoms. The molecule has 1 aromatic rings. The topological polar surface area (TPSA) is 50.2 Å². The third kappa shape index (κ3) is 4.42. The minimum Gasteiger partial charge on any atom is -0.351 e. The molecule has 0 unspecified atom stereocenters. The van der Waals surface area contributed by atoms with Crippen molar-refractivity contribution in [3.63, 3.8) is 0 Å². The molecular formula is C18H26ClF3N4O. The smallest absolute Gasteiger partial charge is 0.351 e. The lowest BCUT2D eigenvalue weighted by molar-refractivity contribution is -0.142. The first-order chi connectivity index (χ1) is 12.6. The first kappa shape index (κ1) is 20.5. The largest absolute Gasteiger partial charge is 0.436 e.